The van der Waals surface area contributed by atoms with Gasteiger partial charge in [-0.15, -0.1) is 0 Å². The number of amides is 1. The molecule has 0 saturated heterocycles. The minimum absolute atomic E-state index is 0.0412. The number of aromatic hydroxyl groups is 1. The standard InChI is InChI=1S/C22H18Cl3NO4/c1-30-19-8-12(5-16(25)22(19)29)13-9-20(28)26-17-6-11(7-18(27)21(13)17)10-2-3-14(23)15(24)4-10/h2-5,8,11,13,29H,6-7,9H2,1H3,(H,26,28). The molecule has 5 nitrogen and oxygen atoms in total. The van der Waals surface area contributed by atoms with E-state index in [1.54, 1.807) is 24.3 Å². The highest BCUT2D eigenvalue weighted by Gasteiger charge is 2.38. The SMILES string of the molecule is COc1cc(C2CC(=O)NC3=C2C(=O)CC(c2ccc(Cl)c(Cl)c2)C3)cc(Cl)c1O. The van der Waals surface area contributed by atoms with E-state index >= 15 is 0 Å². The molecule has 2 aliphatic rings. The highest BCUT2D eigenvalue weighted by molar-refractivity contribution is 6.42. The van der Waals surface area contributed by atoms with Gasteiger partial charge in [0.05, 0.1) is 22.2 Å². The van der Waals surface area contributed by atoms with Gasteiger partial charge < -0.3 is 15.2 Å². The molecule has 1 aliphatic carbocycles. The van der Waals surface area contributed by atoms with Crippen molar-refractivity contribution < 1.29 is 19.4 Å². The van der Waals surface area contributed by atoms with E-state index in [4.69, 9.17) is 39.5 Å². The van der Waals surface area contributed by atoms with Gasteiger partial charge in [-0.05, 0) is 47.7 Å². The maximum Gasteiger partial charge on any atom is 0.225 e. The monoisotopic (exact) mass is 465 g/mol. The van der Waals surface area contributed by atoms with Crippen LogP contribution in [0.3, 0.4) is 0 Å². The summed E-state index contributed by atoms with van der Waals surface area (Å²) in [5.74, 6) is -0.759. The van der Waals surface area contributed by atoms with Gasteiger partial charge in [0.15, 0.2) is 17.3 Å². The quantitative estimate of drug-likeness (QED) is 0.638. The fraction of sp³-hybridized carbons (Fsp3) is 0.273. The molecule has 0 saturated carbocycles. The van der Waals surface area contributed by atoms with Gasteiger partial charge >= 0.3 is 0 Å². The fourth-order valence-electron chi connectivity index (χ4n) is 4.20. The maximum absolute atomic E-state index is 13.2. The third-order valence-corrected chi connectivity index (χ3v) is 6.65. The highest BCUT2D eigenvalue weighted by atomic mass is 35.5. The average Bonchev–Trinajstić information content (AvgIpc) is 2.70. The van der Waals surface area contributed by atoms with Crippen molar-refractivity contribution in [2.45, 2.75) is 31.1 Å². The topological polar surface area (TPSA) is 75.6 Å². The second-order valence-corrected chi connectivity index (χ2v) is 8.67. The Kier molecular flexibility index (Phi) is 5.71. The number of nitrogens with one attached hydrogen (secondary N) is 1. The molecule has 0 bridgehead atoms. The molecule has 2 N–H and O–H groups in total. The van der Waals surface area contributed by atoms with Crippen LogP contribution in [0.15, 0.2) is 41.6 Å². The van der Waals surface area contributed by atoms with Crippen LogP contribution in [0, 0.1) is 0 Å². The molecule has 4 rings (SSSR count). The normalized spacial score (nSPS) is 21.3. The van der Waals surface area contributed by atoms with E-state index in [2.05, 4.69) is 5.32 Å². The van der Waals surface area contributed by atoms with E-state index in [1.165, 1.54) is 7.11 Å². The zero-order valence-corrected chi connectivity index (χ0v) is 18.2. The lowest BCUT2D eigenvalue weighted by Crippen LogP contribution is -2.38. The molecule has 0 fully saturated rings. The average molecular weight is 467 g/mol. The summed E-state index contributed by atoms with van der Waals surface area (Å²) in [6.07, 6.45) is 0.919. The van der Waals surface area contributed by atoms with Gasteiger partial charge in [-0.3, -0.25) is 9.59 Å². The van der Waals surface area contributed by atoms with E-state index in [0.29, 0.717) is 39.7 Å². The lowest BCUT2D eigenvalue weighted by molar-refractivity contribution is -0.122. The van der Waals surface area contributed by atoms with E-state index in [-0.39, 0.29) is 40.6 Å². The summed E-state index contributed by atoms with van der Waals surface area (Å²) in [5.41, 5.74) is 2.75. The summed E-state index contributed by atoms with van der Waals surface area (Å²) in [6.45, 7) is 0. The third kappa shape index (κ3) is 3.78. The Labute approximate surface area is 188 Å². The van der Waals surface area contributed by atoms with Crippen molar-refractivity contribution in [3.05, 3.63) is 67.8 Å². The molecule has 0 aromatic heterocycles. The molecular formula is C22H18Cl3NO4. The summed E-state index contributed by atoms with van der Waals surface area (Å²) in [4.78, 5) is 25.6. The summed E-state index contributed by atoms with van der Waals surface area (Å²) in [7, 11) is 1.42. The number of phenolic OH excluding ortho intramolecular Hbond substituents is 1. The van der Waals surface area contributed by atoms with Crippen LogP contribution in [0.5, 0.6) is 11.5 Å². The van der Waals surface area contributed by atoms with Crippen molar-refractivity contribution in [3.63, 3.8) is 0 Å². The number of benzene rings is 2. The Balaban J connectivity index is 1.74. The molecular weight excluding hydrogens is 449 g/mol. The molecule has 1 heterocycles. The largest absolute Gasteiger partial charge is 0.503 e. The van der Waals surface area contributed by atoms with Crippen LogP contribution >= 0.6 is 34.8 Å². The Morgan fingerprint density at radius 2 is 1.70 bits per heavy atom. The smallest absolute Gasteiger partial charge is 0.225 e. The molecule has 2 unspecified atom stereocenters. The molecule has 0 radical (unpaired) electrons. The first kappa shape index (κ1) is 21.0. The minimum atomic E-state index is -0.456. The van der Waals surface area contributed by atoms with Crippen molar-refractivity contribution in [1.82, 2.24) is 5.32 Å². The van der Waals surface area contributed by atoms with Crippen LogP contribution in [0.1, 0.15) is 42.2 Å². The molecule has 0 spiro atoms. The number of ketones is 1. The lowest BCUT2D eigenvalue weighted by Gasteiger charge is -2.34. The van der Waals surface area contributed by atoms with Gasteiger partial charge in [-0.1, -0.05) is 40.9 Å². The first-order valence-electron chi connectivity index (χ1n) is 9.36. The first-order valence-corrected chi connectivity index (χ1v) is 10.5. The number of allylic oxidation sites excluding steroid dienone is 2. The van der Waals surface area contributed by atoms with Crippen LogP contribution in [0.4, 0.5) is 0 Å². The van der Waals surface area contributed by atoms with Crippen LogP contribution < -0.4 is 10.1 Å². The number of rotatable bonds is 3. The Bertz CT molecular complexity index is 1100. The van der Waals surface area contributed by atoms with Crippen LogP contribution in [0.2, 0.25) is 15.1 Å². The Morgan fingerprint density at radius 3 is 2.40 bits per heavy atom. The molecule has 156 valence electrons. The number of halogens is 3. The summed E-state index contributed by atoms with van der Waals surface area (Å²) >= 11 is 18.3. The fourth-order valence-corrected chi connectivity index (χ4v) is 4.72. The number of carbonyl (C=O) groups excluding carboxylic acids is 2. The second-order valence-electron chi connectivity index (χ2n) is 7.45. The van der Waals surface area contributed by atoms with E-state index in [1.807, 2.05) is 6.07 Å². The number of methoxy groups -OCH3 is 1. The number of ether oxygens (including phenoxy) is 1. The van der Waals surface area contributed by atoms with Crippen LogP contribution in [-0.4, -0.2) is 23.9 Å². The molecule has 2 atom stereocenters. The summed E-state index contributed by atoms with van der Waals surface area (Å²) in [6, 6.07) is 8.52. The van der Waals surface area contributed by atoms with E-state index in [9.17, 15) is 14.7 Å². The first-order chi connectivity index (χ1) is 14.3. The Morgan fingerprint density at radius 1 is 0.967 bits per heavy atom. The number of carbonyl (C=O) groups is 2. The number of hydrogen-bond donors (Lipinski definition) is 2. The third-order valence-electron chi connectivity index (χ3n) is 5.62. The van der Waals surface area contributed by atoms with Crippen molar-refractivity contribution in [3.8, 4) is 11.5 Å². The van der Waals surface area contributed by atoms with E-state index in [0.717, 1.165) is 5.56 Å². The maximum atomic E-state index is 13.2. The van der Waals surface area contributed by atoms with Crippen molar-refractivity contribution >= 4 is 46.5 Å². The number of hydrogen-bond acceptors (Lipinski definition) is 4. The zero-order valence-electron chi connectivity index (χ0n) is 16.0. The zero-order chi connectivity index (χ0) is 21.6. The van der Waals surface area contributed by atoms with Crippen molar-refractivity contribution in [2.75, 3.05) is 7.11 Å². The molecule has 2 aromatic carbocycles. The molecule has 30 heavy (non-hydrogen) atoms. The lowest BCUT2D eigenvalue weighted by atomic mass is 9.73. The van der Waals surface area contributed by atoms with Crippen molar-refractivity contribution in [1.29, 1.82) is 0 Å². The number of phenols is 1. The molecule has 1 amide bonds. The Hall–Kier alpha value is -2.21. The number of Topliss-reactive ketones (excluding diaryl/α,β-unsaturated/α-hetero) is 1. The summed E-state index contributed by atoms with van der Waals surface area (Å²) < 4.78 is 5.18. The van der Waals surface area contributed by atoms with Gasteiger partial charge in [0, 0.05) is 30.0 Å². The van der Waals surface area contributed by atoms with Gasteiger partial charge in [-0.2, -0.15) is 0 Å². The highest BCUT2D eigenvalue weighted by Crippen LogP contribution is 2.45. The molecule has 2 aromatic rings. The van der Waals surface area contributed by atoms with Gasteiger partial charge in [0.2, 0.25) is 5.91 Å². The van der Waals surface area contributed by atoms with Gasteiger partial charge in [0.1, 0.15) is 0 Å². The van der Waals surface area contributed by atoms with Crippen LogP contribution in [0.25, 0.3) is 0 Å². The molecule has 1 aliphatic heterocycles. The predicted molar refractivity (Wildman–Crippen MR) is 116 cm³/mol. The molecule has 8 heteroatoms. The minimum Gasteiger partial charge on any atom is -0.503 e. The van der Waals surface area contributed by atoms with E-state index < -0.39 is 5.92 Å². The predicted octanol–water partition coefficient (Wildman–Crippen LogP) is 5.37. The van der Waals surface area contributed by atoms with Crippen molar-refractivity contribution in [2.24, 2.45) is 0 Å². The summed E-state index contributed by atoms with van der Waals surface area (Å²) in [5, 5.41) is 13.9. The van der Waals surface area contributed by atoms with Gasteiger partial charge in [0.25, 0.3) is 0 Å². The second kappa shape index (κ2) is 8.14. The van der Waals surface area contributed by atoms with Gasteiger partial charge in [-0.25, -0.2) is 0 Å². The van der Waals surface area contributed by atoms with Crippen LogP contribution in [-0.2, 0) is 9.59 Å².